The van der Waals surface area contributed by atoms with Gasteiger partial charge in [0.2, 0.25) is 0 Å². The summed E-state index contributed by atoms with van der Waals surface area (Å²) in [7, 11) is 0. The van der Waals surface area contributed by atoms with Crippen molar-refractivity contribution in [3.63, 3.8) is 0 Å². The molecular formula is C17H22N2O. The fraction of sp³-hybridized carbons (Fsp3) is 0.353. The molecule has 1 atom stereocenters. The lowest BCUT2D eigenvalue weighted by atomic mass is 10.00. The Bertz CT molecular complexity index is 526. The van der Waals surface area contributed by atoms with Gasteiger partial charge in [-0.05, 0) is 37.6 Å². The van der Waals surface area contributed by atoms with E-state index < -0.39 is 0 Å². The molecule has 0 amide bonds. The summed E-state index contributed by atoms with van der Waals surface area (Å²) in [6.45, 7) is 7.05. The summed E-state index contributed by atoms with van der Waals surface area (Å²) in [5, 5.41) is 3.50. The number of pyridine rings is 1. The molecule has 0 aliphatic carbocycles. The highest BCUT2D eigenvalue weighted by atomic mass is 16.5. The van der Waals surface area contributed by atoms with Crippen LogP contribution < -0.4 is 10.1 Å². The molecule has 0 saturated heterocycles. The van der Waals surface area contributed by atoms with Gasteiger partial charge >= 0.3 is 0 Å². The highest BCUT2D eigenvalue weighted by Crippen LogP contribution is 2.24. The maximum absolute atomic E-state index is 5.73. The number of nitrogens with one attached hydrogen (secondary N) is 1. The van der Waals surface area contributed by atoms with E-state index in [1.54, 1.807) is 6.20 Å². The third kappa shape index (κ3) is 3.81. The van der Waals surface area contributed by atoms with Gasteiger partial charge in [-0.15, -0.1) is 0 Å². The molecule has 0 spiro atoms. The lowest BCUT2D eigenvalue weighted by Gasteiger charge is -2.19. The van der Waals surface area contributed by atoms with Crippen LogP contribution in [0, 0.1) is 0 Å². The van der Waals surface area contributed by atoms with E-state index in [0.29, 0.717) is 0 Å². The number of hydrogen-bond acceptors (Lipinski definition) is 3. The first-order valence-corrected chi connectivity index (χ1v) is 7.10. The molecule has 0 aliphatic rings. The van der Waals surface area contributed by atoms with Gasteiger partial charge in [0.25, 0.3) is 0 Å². The van der Waals surface area contributed by atoms with Gasteiger partial charge in [-0.25, -0.2) is 0 Å². The van der Waals surface area contributed by atoms with E-state index in [1.807, 2.05) is 26.1 Å². The van der Waals surface area contributed by atoms with Crippen LogP contribution in [0.1, 0.15) is 37.9 Å². The van der Waals surface area contributed by atoms with E-state index in [9.17, 15) is 0 Å². The molecule has 0 bridgehead atoms. The predicted molar refractivity (Wildman–Crippen MR) is 82.0 cm³/mol. The Hall–Kier alpha value is -1.87. The first-order valence-electron chi connectivity index (χ1n) is 7.10. The van der Waals surface area contributed by atoms with Gasteiger partial charge in [0.1, 0.15) is 5.75 Å². The second-order valence-electron chi connectivity index (χ2n) is 5.02. The van der Waals surface area contributed by atoms with E-state index in [4.69, 9.17) is 4.74 Å². The quantitative estimate of drug-likeness (QED) is 0.871. The summed E-state index contributed by atoms with van der Waals surface area (Å²) in [4.78, 5) is 4.30. The summed E-state index contributed by atoms with van der Waals surface area (Å²) in [5.74, 6) is 0.816. The van der Waals surface area contributed by atoms with Crippen molar-refractivity contribution in [1.82, 2.24) is 10.3 Å². The number of hydrogen-bond donors (Lipinski definition) is 1. The van der Waals surface area contributed by atoms with Crippen molar-refractivity contribution in [1.29, 1.82) is 0 Å². The molecule has 2 aromatic rings. The Kier molecular flexibility index (Phi) is 5.13. The van der Waals surface area contributed by atoms with Gasteiger partial charge in [-0.1, -0.05) is 37.3 Å². The Morgan fingerprint density at radius 1 is 1.10 bits per heavy atom. The van der Waals surface area contributed by atoms with Crippen LogP contribution >= 0.6 is 0 Å². The van der Waals surface area contributed by atoms with Gasteiger partial charge in [0, 0.05) is 6.20 Å². The van der Waals surface area contributed by atoms with Gasteiger partial charge in [-0.2, -0.15) is 0 Å². The molecule has 0 aliphatic heterocycles. The molecular weight excluding hydrogens is 248 g/mol. The van der Waals surface area contributed by atoms with Crippen molar-refractivity contribution in [3.8, 4) is 5.75 Å². The average Bonchev–Trinajstić information content (AvgIpc) is 2.45. The van der Waals surface area contributed by atoms with Crippen LogP contribution in [0.3, 0.4) is 0 Å². The van der Waals surface area contributed by atoms with E-state index in [0.717, 1.165) is 17.9 Å². The third-order valence-electron chi connectivity index (χ3n) is 2.98. The average molecular weight is 270 g/mol. The van der Waals surface area contributed by atoms with Crippen molar-refractivity contribution in [2.75, 3.05) is 6.54 Å². The van der Waals surface area contributed by atoms with Crippen molar-refractivity contribution in [3.05, 3.63) is 59.9 Å². The van der Waals surface area contributed by atoms with Gasteiger partial charge in [0.15, 0.2) is 0 Å². The number of benzene rings is 1. The SMILES string of the molecule is CCNC(c1ccccc1)c1cncc(OC(C)C)c1. The minimum Gasteiger partial charge on any atom is -0.489 e. The smallest absolute Gasteiger partial charge is 0.138 e. The van der Waals surface area contributed by atoms with Crippen LogP contribution in [0.2, 0.25) is 0 Å². The molecule has 0 saturated carbocycles. The monoisotopic (exact) mass is 270 g/mol. The Morgan fingerprint density at radius 3 is 2.50 bits per heavy atom. The van der Waals surface area contributed by atoms with Crippen molar-refractivity contribution < 1.29 is 4.74 Å². The van der Waals surface area contributed by atoms with Crippen molar-refractivity contribution >= 4 is 0 Å². The first-order chi connectivity index (χ1) is 9.70. The van der Waals surface area contributed by atoms with Gasteiger partial charge in [0.05, 0.1) is 18.3 Å². The largest absolute Gasteiger partial charge is 0.489 e. The highest BCUT2D eigenvalue weighted by Gasteiger charge is 2.14. The van der Waals surface area contributed by atoms with Crippen LogP contribution in [-0.2, 0) is 0 Å². The molecule has 1 heterocycles. The zero-order valence-corrected chi connectivity index (χ0v) is 12.3. The van der Waals surface area contributed by atoms with Crippen molar-refractivity contribution in [2.45, 2.75) is 32.9 Å². The topological polar surface area (TPSA) is 34.2 Å². The Morgan fingerprint density at radius 2 is 1.85 bits per heavy atom. The zero-order valence-electron chi connectivity index (χ0n) is 12.3. The number of ether oxygens (including phenoxy) is 1. The summed E-state index contributed by atoms with van der Waals surface area (Å²) in [6.07, 6.45) is 3.81. The lowest BCUT2D eigenvalue weighted by Crippen LogP contribution is -2.22. The molecule has 0 fully saturated rings. The van der Waals surface area contributed by atoms with Crippen LogP contribution in [0.5, 0.6) is 5.75 Å². The molecule has 3 nitrogen and oxygen atoms in total. The third-order valence-corrected chi connectivity index (χ3v) is 2.98. The van der Waals surface area contributed by atoms with Crippen LogP contribution in [0.4, 0.5) is 0 Å². The maximum Gasteiger partial charge on any atom is 0.138 e. The van der Waals surface area contributed by atoms with Crippen molar-refractivity contribution in [2.24, 2.45) is 0 Å². The second kappa shape index (κ2) is 7.06. The summed E-state index contributed by atoms with van der Waals surface area (Å²) in [6, 6.07) is 12.6. The van der Waals surface area contributed by atoms with E-state index in [1.165, 1.54) is 5.56 Å². The zero-order chi connectivity index (χ0) is 14.4. The highest BCUT2D eigenvalue weighted by molar-refractivity contribution is 5.34. The maximum atomic E-state index is 5.73. The van der Waals surface area contributed by atoms with E-state index in [-0.39, 0.29) is 12.1 Å². The second-order valence-corrected chi connectivity index (χ2v) is 5.02. The fourth-order valence-corrected chi connectivity index (χ4v) is 2.21. The predicted octanol–water partition coefficient (Wildman–Crippen LogP) is 3.57. The van der Waals surface area contributed by atoms with E-state index >= 15 is 0 Å². The Balaban J connectivity index is 2.30. The fourth-order valence-electron chi connectivity index (χ4n) is 2.21. The Labute approximate surface area is 121 Å². The molecule has 1 unspecified atom stereocenters. The number of rotatable bonds is 6. The number of aromatic nitrogens is 1. The number of nitrogens with zero attached hydrogens (tertiary/aromatic N) is 1. The van der Waals surface area contributed by atoms with Gasteiger partial charge < -0.3 is 10.1 Å². The van der Waals surface area contributed by atoms with Crippen LogP contribution in [0.25, 0.3) is 0 Å². The molecule has 20 heavy (non-hydrogen) atoms. The molecule has 2 rings (SSSR count). The normalized spacial score (nSPS) is 12.4. The minimum absolute atomic E-state index is 0.143. The van der Waals surface area contributed by atoms with E-state index in [2.05, 4.69) is 47.6 Å². The minimum atomic E-state index is 0.143. The van der Waals surface area contributed by atoms with Crippen LogP contribution in [0.15, 0.2) is 48.8 Å². The molecule has 1 aromatic carbocycles. The lowest BCUT2D eigenvalue weighted by molar-refractivity contribution is 0.241. The van der Waals surface area contributed by atoms with Gasteiger partial charge in [-0.3, -0.25) is 4.98 Å². The standard InChI is InChI=1S/C17H22N2O/c1-4-19-17(14-8-6-5-7-9-14)15-10-16(12-18-11-15)20-13(2)3/h5-13,17,19H,4H2,1-3H3. The molecule has 3 heteroatoms. The summed E-state index contributed by atoms with van der Waals surface area (Å²) in [5.41, 5.74) is 2.36. The summed E-state index contributed by atoms with van der Waals surface area (Å²) < 4.78 is 5.73. The summed E-state index contributed by atoms with van der Waals surface area (Å²) >= 11 is 0. The molecule has 0 radical (unpaired) electrons. The molecule has 1 aromatic heterocycles. The molecule has 106 valence electrons. The van der Waals surface area contributed by atoms with Crippen LogP contribution in [-0.4, -0.2) is 17.6 Å². The molecule has 1 N–H and O–H groups in total. The first kappa shape index (κ1) is 14.5.